The molecule has 1 aliphatic heterocycles. The molecule has 0 spiro atoms. The van der Waals surface area contributed by atoms with Gasteiger partial charge in [0.15, 0.2) is 0 Å². The first kappa shape index (κ1) is 13.0. The summed E-state index contributed by atoms with van der Waals surface area (Å²) in [7, 11) is 2.13. The third-order valence-corrected chi connectivity index (χ3v) is 4.01. The molecule has 4 heteroatoms. The number of fused-ring (bicyclic) bond motifs is 1. The predicted molar refractivity (Wildman–Crippen MR) is 84.0 cm³/mol. The van der Waals surface area contributed by atoms with Crippen molar-refractivity contribution in [1.29, 1.82) is 0 Å². The van der Waals surface area contributed by atoms with Crippen LogP contribution in [0.25, 0.3) is 11.3 Å². The minimum absolute atomic E-state index is 0.0493. The van der Waals surface area contributed by atoms with Gasteiger partial charge in [-0.15, -0.1) is 0 Å². The number of nitrogens with zero attached hydrogens (tertiary/aromatic N) is 3. The summed E-state index contributed by atoms with van der Waals surface area (Å²) in [5.41, 5.74) is 10.9. The molecular formula is C16H22N4. The van der Waals surface area contributed by atoms with Crippen molar-refractivity contribution in [3.05, 3.63) is 30.1 Å². The maximum Gasteiger partial charge on any atom is 0.132 e. The van der Waals surface area contributed by atoms with E-state index in [9.17, 15) is 0 Å². The summed E-state index contributed by atoms with van der Waals surface area (Å²) in [5.74, 6) is 0.740. The van der Waals surface area contributed by atoms with Crippen LogP contribution in [0.3, 0.4) is 0 Å². The predicted octanol–water partition coefficient (Wildman–Crippen LogP) is 2.88. The van der Waals surface area contributed by atoms with Gasteiger partial charge in [-0.2, -0.15) is 0 Å². The number of hydrogen-bond acceptors (Lipinski definition) is 3. The standard InChI is InChI=1S/C16H22N4/c1-16(2,3)20-10-18-14(15(20)17)12-5-6-13-11(9-12)7-8-19(13)4/h5-6,9-10H,7-8,17H2,1-4H3. The van der Waals surface area contributed by atoms with Gasteiger partial charge in [-0.1, -0.05) is 6.07 Å². The number of aromatic nitrogens is 2. The Morgan fingerprint density at radius 3 is 2.65 bits per heavy atom. The molecule has 1 aliphatic rings. The first-order valence-corrected chi connectivity index (χ1v) is 7.05. The smallest absolute Gasteiger partial charge is 0.132 e. The molecule has 0 radical (unpaired) electrons. The van der Waals surface area contributed by atoms with E-state index in [0.29, 0.717) is 0 Å². The number of nitrogen functional groups attached to an aromatic ring is 1. The molecule has 0 unspecified atom stereocenters. The molecule has 1 aromatic heterocycles. The number of likely N-dealkylation sites (N-methyl/N-ethyl adjacent to an activating group) is 1. The third-order valence-electron chi connectivity index (χ3n) is 4.01. The van der Waals surface area contributed by atoms with Crippen LogP contribution in [0.1, 0.15) is 26.3 Å². The molecule has 0 atom stereocenters. The number of imidazole rings is 1. The highest BCUT2D eigenvalue weighted by Crippen LogP contribution is 2.34. The van der Waals surface area contributed by atoms with E-state index in [0.717, 1.165) is 30.0 Å². The Labute approximate surface area is 120 Å². The average molecular weight is 270 g/mol. The quantitative estimate of drug-likeness (QED) is 0.866. The molecule has 0 amide bonds. The average Bonchev–Trinajstić information content (AvgIpc) is 2.92. The second-order valence-electron chi connectivity index (χ2n) is 6.53. The van der Waals surface area contributed by atoms with E-state index in [1.165, 1.54) is 11.3 Å². The maximum absolute atomic E-state index is 6.28. The zero-order valence-electron chi connectivity index (χ0n) is 12.6. The van der Waals surface area contributed by atoms with Gasteiger partial charge in [0.05, 0.1) is 6.33 Å². The lowest BCUT2D eigenvalue weighted by Gasteiger charge is -2.22. The van der Waals surface area contributed by atoms with Crippen LogP contribution in [0.2, 0.25) is 0 Å². The van der Waals surface area contributed by atoms with Gasteiger partial charge in [-0.3, -0.25) is 0 Å². The Balaban J connectivity index is 2.05. The fraction of sp³-hybridized carbons (Fsp3) is 0.438. The van der Waals surface area contributed by atoms with Crippen LogP contribution in [0, 0.1) is 0 Å². The van der Waals surface area contributed by atoms with Crippen molar-refractivity contribution in [3.63, 3.8) is 0 Å². The highest BCUT2D eigenvalue weighted by atomic mass is 15.2. The van der Waals surface area contributed by atoms with E-state index in [2.05, 4.69) is 55.9 Å². The molecule has 106 valence electrons. The summed E-state index contributed by atoms with van der Waals surface area (Å²) < 4.78 is 2.03. The second-order valence-corrected chi connectivity index (χ2v) is 6.53. The number of anilines is 2. The number of nitrogens with two attached hydrogens (primary N) is 1. The Morgan fingerprint density at radius 2 is 2.00 bits per heavy atom. The molecule has 20 heavy (non-hydrogen) atoms. The first-order valence-electron chi connectivity index (χ1n) is 7.05. The van der Waals surface area contributed by atoms with E-state index in [4.69, 9.17) is 5.73 Å². The highest BCUT2D eigenvalue weighted by Gasteiger charge is 2.21. The Morgan fingerprint density at radius 1 is 1.25 bits per heavy atom. The van der Waals surface area contributed by atoms with Crippen LogP contribution in [0.15, 0.2) is 24.5 Å². The fourth-order valence-electron chi connectivity index (χ4n) is 2.83. The summed E-state index contributed by atoms with van der Waals surface area (Å²) in [4.78, 5) is 6.81. The molecule has 0 bridgehead atoms. The van der Waals surface area contributed by atoms with Gasteiger partial charge in [0, 0.05) is 30.4 Å². The van der Waals surface area contributed by atoms with E-state index in [1.807, 2.05) is 10.9 Å². The van der Waals surface area contributed by atoms with E-state index < -0.39 is 0 Å². The van der Waals surface area contributed by atoms with Gasteiger partial charge in [0.1, 0.15) is 11.5 Å². The topological polar surface area (TPSA) is 47.1 Å². The van der Waals surface area contributed by atoms with Crippen LogP contribution >= 0.6 is 0 Å². The Bertz CT molecular complexity index is 649. The van der Waals surface area contributed by atoms with Crippen molar-refractivity contribution >= 4 is 11.5 Å². The molecular weight excluding hydrogens is 248 g/mol. The van der Waals surface area contributed by atoms with Crippen molar-refractivity contribution in [2.45, 2.75) is 32.7 Å². The van der Waals surface area contributed by atoms with Gasteiger partial charge < -0.3 is 15.2 Å². The first-order chi connectivity index (χ1) is 9.38. The summed E-state index contributed by atoms with van der Waals surface area (Å²) >= 11 is 0. The summed E-state index contributed by atoms with van der Waals surface area (Å²) in [6.07, 6.45) is 2.93. The van der Waals surface area contributed by atoms with E-state index in [1.54, 1.807) is 0 Å². The van der Waals surface area contributed by atoms with Crippen LogP contribution in [-0.4, -0.2) is 23.1 Å². The summed E-state index contributed by atoms with van der Waals surface area (Å²) in [6.45, 7) is 7.48. The molecule has 0 saturated heterocycles. The van der Waals surface area contributed by atoms with Gasteiger partial charge in [-0.05, 0) is 44.9 Å². The van der Waals surface area contributed by atoms with Crippen molar-refractivity contribution < 1.29 is 0 Å². The van der Waals surface area contributed by atoms with Crippen molar-refractivity contribution in [2.75, 3.05) is 24.2 Å². The zero-order valence-corrected chi connectivity index (χ0v) is 12.6. The lowest BCUT2D eigenvalue weighted by atomic mass is 10.1. The van der Waals surface area contributed by atoms with E-state index in [-0.39, 0.29) is 5.54 Å². The fourth-order valence-corrected chi connectivity index (χ4v) is 2.83. The monoisotopic (exact) mass is 270 g/mol. The minimum atomic E-state index is -0.0493. The minimum Gasteiger partial charge on any atom is -0.383 e. The Hall–Kier alpha value is -1.97. The van der Waals surface area contributed by atoms with Gasteiger partial charge in [0.25, 0.3) is 0 Å². The number of benzene rings is 1. The molecule has 1 aromatic carbocycles. The number of rotatable bonds is 1. The molecule has 2 heterocycles. The molecule has 2 aromatic rings. The largest absolute Gasteiger partial charge is 0.383 e. The maximum atomic E-state index is 6.28. The third kappa shape index (κ3) is 1.96. The SMILES string of the molecule is CN1CCc2cc(-c3ncn(C(C)(C)C)c3N)ccc21. The number of hydrogen-bond donors (Lipinski definition) is 1. The zero-order chi connectivity index (χ0) is 14.5. The van der Waals surface area contributed by atoms with Gasteiger partial charge in [-0.25, -0.2) is 4.98 Å². The van der Waals surface area contributed by atoms with Gasteiger partial charge >= 0.3 is 0 Å². The molecule has 0 aliphatic carbocycles. The van der Waals surface area contributed by atoms with Crippen LogP contribution in [0.5, 0.6) is 0 Å². The molecule has 3 rings (SSSR count). The van der Waals surface area contributed by atoms with Crippen molar-refractivity contribution in [2.24, 2.45) is 0 Å². The molecule has 0 saturated carbocycles. The molecule has 2 N–H and O–H groups in total. The van der Waals surface area contributed by atoms with Crippen molar-refractivity contribution in [3.8, 4) is 11.3 Å². The lowest BCUT2D eigenvalue weighted by molar-refractivity contribution is 0.402. The Kier molecular flexibility index (Phi) is 2.78. The lowest BCUT2D eigenvalue weighted by Crippen LogP contribution is -2.22. The van der Waals surface area contributed by atoms with Gasteiger partial charge in [0.2, 0.25) is 0 Å². The molecule has 0 fully saturated rings. The van der Waals surface area contributed by atoms with Crippen LogP contribution < -0.4 is 10.6 Å². The van der Waals surface area contributed by atoms with E-state index >= 15 is 0 Å². The second kappa shape index (κ2) is 4.27. The summed E-state index contributed by atoms with van der Waals surface area (Å²) in [6, 6.07) is 6.52. The molecule has 4 nitrogen and oxygen atoms in total. The van der Waals surface area contributed by atoms with Crippen molar-refractivity contribution in [1.82, 2.24) is 9.55 Å². The van der Waals surface area contributed by atoms with Crippen LogP contribution in [0.4, 0.5) is 11.5 Å². The normalized spacial score (nSPS) is 14.7. The van der Waals surface area contributed by atoms with Crippen LogP contribution in [-0.2, 0) is 12.0 Å². The highest BCUT2D eigenvalue weighted by molar-refractivity contribution is 5.74. The summed E-state index contributed by atoms with van der Waals surface area (Å²) in [5, 5.41) is 0.